The Morgan fingerprint density at radius 3 is 2.44 bits per heavy atom. The van der Waals surface area contributed by atoms with Crippen LogP contribution >= 0.6 is 0 Å². The Kier molecular flexibility index (Phi) is 4.70. The summed E-state index contributed by atoms with van der Waals surface area (Å²) in [6.45, 7) is 2.29. The monoisotopic (exact) mass is 364 g/mol. The van der Waals surface area contributed by atoms with Crippen molar-refractivity contribution < 1.29 is 14.3 Å². The average molecular weight is 364 g/mol. The fraction of sp³-hybridized carbons (Fsp3) is 0.364. The molecule has 0 aliphatic carbocycles. The Morgan fingerprint density at radius 1 is 1.04 bits per heavy atom. The van der Waals surface area contributed by atoms with E-state index in [2.05, 4.69) is 0 Å². The van der Waals surface area contributed by atoms with Gasteiger partial charge in [0, 0.05) is 32.2 Å². The fourth-order valence-electron chi connectivity index (χ4n) is 4.25. The maximum absolute atomic E-state index is 13.4. The molecule has 1 atom stereocenters. The van der Waals surface area contributed by atoms with E-state index in [1.165, 1.54) is 0 Å². The van der Waals surface area contributed by atoms with E-state index in [4.69, 9.17) is 4.74 Å². The quantitative estimate of drug-likeness (QED) is 0.837. The summed E-state index contributed by atoms with van der Waals surface area (Å²) >= 11 is 0. The van der Waals surface area contributed by atoms with Crippen LogP contribution in [0.4, 0.5) is 5.69 Å². The maximum Gasteiger partial charge on any atom is 0.238 e. The van der Waals surface area contributed by atoms with Crippen molar-refractivity contribution in [2.45, 2.75) is 18.3 Å². The molecule has 5 nitrogen and oxygen atoms in total. The second-order valence-corrected chi connectivity index (χ2v) is 7.30. The standard InChI is InChI=1S/C22H24N2O3/c1-23-19-10-6-5-9-18(19)22(21(23)26,15-17-7-3-2-4-8-17)16-20(25)24-11-13-27-14-12-24/h2-10H,11-16H2,1H3/t22-/m0/s1. The Hall–Kier alpha value is -2.66. The van der Waals surface area contributed by atoms with Crippen LogP contribution in [0.3, 0.4) is 0 Å². The van der Waals surface area contributed by atoms with E-state index in [9.17, 15) is 9.59 Å². The van der Waals surface area contributed by atoms with Gasteiger partial charge in [0.1, 0.15) is 0 Å². The van der Waals surface area contributed by atoms with Crippen LogP contribution in [-0.4, -0.2) is 50.1 Å². The van der Waals surface area contributed by atoms with Crippen molar-refractivity contribution in [2.24, 2.45) is 0 Å². The van der Waals surface area contributed by atoms with Gasteiger partial charge in [0.25, 0.3) is 0 Å². The lowest BCUT2D eigenvalue weighted by atomic mass is 9.73. The molecular weight excluding hydrogens is 340 g/mol. The molecular formula is C22H24N2O3. The first-order valence-corrected chi connectivity index (χ1v) is 9.39. The summed E-state index contributed by atoms with van der Waals surface area (Å²) in [5, 5.41) is 0. The highest BCUT2D eigenvalue weighted by molar-refractivity contribution is 6.09. The molecule has 4 rings (SSSR count). The van der Waals surface area contributed by atoms with Gasteiger partial charge in [-0.05, 0) is 23.6 Å². The van der Waals surface area contributed by atoms with Gasteiger partial charge in [0.15, 0.2) is 0 Å². The number of amides is 2. The van der Waals surface area contributed by atoms with Gasteiger partial charge in [-0.1, -0.05) is 48.5 Å². The first-order chi connectivity index (χ1) is 13.1. The molecule has 2 amide bonds. The van der Waals surface area contributed by atoms with Gasteiger partial charge in [-0.3, -0.25) is 9.59 Å². The highest BCUT2D eigenvalue weighted by atomic mass is 16.5. The molecule has 5 heteroatoms. The molecule has 2 aliphatic rings. The predicted molar refractivity (Wildman–Crippen MR) is 104 cm³/mol. The zero-order chi connectivity index (χ0) is 18.9. The number of rotatable bonds is 4. The van der Waals surface area contributed by atoms with Crippen molar-refractivity contribution >= 4 is 17.5 Å². The summed E-state index contributed by atoms with van der Waals surface area (Å²) in [4.78, 5) is 30.1. The van der Waals surface area contributed by atoms with Crippen molar-refractivity contribution in [1.29, 1.82) is 0 Å². The van der Waals surface area contributed by atoms with E-state index in [1.807, 2.05) is 59.5 Å². The fourth-order valence-corrected chi connectivity index (χ4v) is 4.25. The van der Waals surface area contributed by atoms with E-state index in [1.54, 1.807) is 11.9 Å². The summed E-state index contributed by atoms with van der Waals surface area (Å²) < 4.78 is 5.37. The second-order valence-electron chi connectivity index (χ2n) is 7.30. The van der Waals surface area contributed by atoms with Gasteiger partial charge < -0.3 is 14.5 Å². The molecule has 1 fully saturated rings. The molecule has 140 valence electrons. The third-order valence-electron chi connectivity index (χ3n) is 5.66. The van der Waals surface area contributed by atoms with Crippen molar-refractivity contribution in [1.82, 2.24) is 4.90 Å². The number of hydrogen-bond donors (Lipinski definition) is 0. The minimum Gasteiger partial charge on any atom is -0.378 e. The van der Waals surface area contributed by atoms with Crippen LogP contribution in [0.1, 0.15) is 17.5 Å². The Morgan fingerprint density at radius 2 is 1.70 bits per heavy atom. The largest absolute Gasteiger partial charge is 0.378 e. The minimum absolute atomic E-state index is 0.00541. The summed E-state index contributed by atoms with van der Waals surface area (Å²) in [7, 11) is 1.80. The van der Waals surface area contributed by atoms with Crippen LogP contribution in [0.25, 0.3) is 0 Å². The number of ether oxygens (including phenoxy) is 1. The maximum atomic E-state index is 13.4. The molecule has 2 aromatic rings. The molecule has 0 bridgehead atoms. The van der Waals surface area contributed by atoms with Crippen LogP contribution in [0.5, 0.6) is 0 Å². The van der Waals surface area contributed by atoms with Gasteiger partial charge >= 0.3 is 0 Å². The van der Waals surface area contributed by atoms with E-state index in [0.717, 1.165) is 16.8 Å². The van der Waals surface area contributed by atoms with Crippen molar-refractivity contribution in [3.8, 4) is 0 Å². The molecule has 2 aliphatic heterocycles. The van der Waals surface area contributed by atoms with Crippen molar-refractivity contribution in [3.63, 3.8) is 0 Å². The zero-order valence-electron chi connectivity index (χ0n) is 15.6. The first-order valence-electron chi connectivity index (χ1n) is 9.39. The summed E-state index contributed by atoms with van der Waals surface area (Å²) in [5.41, 5.74) is 2.05. The number of likely N-dealkylation sites (N-methyl/N-ethyl adjacent to an activating group) is 1. The van der Waals surface area contributed by atoms with E-state index < -0.39 is 5.41 Å². The molecule has 0 saturated carbocycles. The van der Waals surface area contributed by atoms with E-state index >= 15 is 0 Å². The third kappa shape index (κ3) is 3.12. The summed E-state index contributed by atoms with van der Waals surface area (Å²) in [6.07, 6.45) is 0.701. The number of nitrogens with zero attached hydrogens (tertiary/aromatic N) is 2. The smallest absolute Gasteiger partial charge is 0.238 e. The molecule has 0 N–H and O–H groups in total. The molecule has 2 aromatic carbocycles. The summed E-state index contributed by atoms with van der Waals surface area (Å²) in [5.74, 6) is 0.0156. The second kappa shape index (κ2) is 7.16. The number of anilines is 1. The lowest BCUT2D eigenvalue weighted by Gasteiger charge is -2.33. The predicted octanol–water partition coefficient (Wildman–Crippen LogP) is 2.39. The van der Waals surface area contributed by atoms with Crippen LogP contribution in [0.15, 0.2) is 54.6 Å². The van der Waals surface area contributed by atoms with Gasteiger partial charge in [-0.15, -0.1) is 0 Å². The van der Waals surface area contributed by atoms with E-state index in [-0.39, 0.29) is 18.2 Å². The Labute approximate surface area is 159 Å². The number of fused-ring (bicyclic) bond motifs is 1. The van der Waals surface area contributed by atoms with Crippen LogP contribution in [0, 0.1) is 0 Å². The molecule has 0 spiro atoms. The zero-order valence-corrected chi connectivity index (χ0v) is 15.6. The Bertz CT molecular complexity index is 846. The highest BCUT2D eigenvalue weighted by Gasteiger charge is 2.51. The van der Waals surface area contributed by atoms with Crippen LogP contribution in [0.2, 0.25) is 0 Å². The molecule has 0 unspecified atom stereocenters. The molecule has 1 saturated heterocycles. The van der Waals surface area contributed by atoms with Gasteiger partial charge in [0.05, 0.1) is 18.6 Å². The van der Waals surface area contributed by atoms with Gasteiger partial charge in [-0.2, -0.15) is 0 Å². The number of para-hydroxylation sites is 1. The normalized spacial score (nSPS) is 22.0. The highest BCUT2D eigenvalue weighted by Crippen LogP contribution is 2.45. The van der Waals surface area contributed by atoms with Crippen LogP contribution in [-0.2, 0) is 26.2 Å². The van der Waals surface area contributed by atoms with Crippen molar-refractivity contribution in [3.05, 3.63) is 65.7 Å². The van der Waals surface area contributed by atoms with Gasteiger partial charge in [0.2, 0.25) is 11.8 Å². The third-order valence-corrected chi connectivity index (χ3v) is 5.66. The SMILES string of the molecule is CN1C(=O)[C@](CC(=O)N2CCOCC2)(Cc2ccccc2)c2ccccc21. The number of hydrogen-bond acceptors (Lipinski definition) is 3. The number of benzene rings is 2. The summed E-state index contributed by atoms with van der Waals surface area (Å²) in [6, 6.07) is 17.8. The first kappa shape index (κ1) is 17.7. The molecule has 0 radical (unpaired) electrons. The van der Waals surface area contributed by atoms with Crippen molar-refractivity contribution in [2.75, 3.05) is 38.3 Å². The topological polar surface area (TPSA) is 49.9 Å². The van der Waals surface area contributed by atoms with E-state index in [0.29, 0.717) is 32.7 Å². The molecule has 0 aromatic heterocycles. The lowest BCUT2D eigenvalue weighted by molar-refractivity contribution is -0.139. The minimum atomic E-state index is -0.859. The van der Waals surface area contributed by atoms with Gasteiger partial charge in [-0.25, -0.2) is 0 Å². The average Bonchev–Trinajstić information content (AvgIpc) is 2.92. The Balaban J connectivity index is 1.74. The lowest BCUT2D eigenvalue weighted by Crippen LogP contribution is -2.47. The number of morpholine rings is 1. The number of carbonyl (C=O) groups excluding carboxylic acids is 2. The molecule has 2 heterocycles. The number of carbonyl (C=O) groups is 2. The van der Waals surface area contributed by atoms with Crippen LogP contribution < -0.4 is 4.90 Å². The molecule has 27 heavy (non-hydrogen) atoms.